The molecule has 96 valence electrons. The van der Waals surface area contributed by atoms with E-state index in [-0.39, 0.29) is 0 Å². The fourth-order valence-corrected chi connectivity index (χ4v) is 2.07. The van der Waals surface area contributed by atoms with Crippen LogP contribution >= 0.6 is 28.1 Å². The number of H-pyrrole nitrogens is 1. The van der Waals surface area contributed by atoms with Crippen molar-refractivity contribution in [1.82, 2.24) is 9.97 Å². The van der Waals surface area contributed by atoms with Crippen molar-refractivity contribution in [3.63, 3.8) is 0 Å². The number of ether oxygens (including phenoxy) is 1. The van der Waals surface area contributed by atoms with Gasteiger partial charge in [0.05, 0.1) is 4.47 Å². The Balaban J connectivity index is 2.86. The molecule has 0 amide bonds. The predicted octanol–water partition coefficient (Wildman–Crippen LogP) is 4.03. The monoisotopic (exact) mass is 318 g/mol. The second-order valence-corrected chi connectivity index (χ2v) is 5.61. The molecular weight excluding hydrogens is 300 g/mol. The van der Waals surface area contributed by atoms with Crippen LogP contribution in [0, 0.1) is 10.6 Å². The maximum absolute atomic E-state index is 5.47. The number of hydrogen-bond acceptors (Lipinski definition) is 3. The first kappa shape index (κ1) is 14.8. The Morgan fingerprint density at radius 1 is 1.47 bits per heavy atom. The molecule has 1 aromatic rings. The topological polar surface area (TPSA) is 37.9 Å². The quantitative estimate of drug-likeness (QED) is 0.635. The Kier molecular flexibility index (Phi) is 6.30. The van der Waals surface area contributed by atoms with E-state index in [0.717, 1.165) is 35.4 Å². The highest BCUT2D eigenvalue weighted by Crippen LogP contribution is 2.19. The summed E-state index contributed by atoms with van der Waals surface area (Å²) in [6.45, 7) is 7.68. The minimum absolute atomic E-state index is 0.496. The van der Waals surface area contributed by atoms with Crippen molar-refractivity contribution in [3.05, 3.63) is 20.6 Å². The maximum atomic E-state index is 5.47. The molecule has 0 aromatic carbocycles. The third kappa shape index (κ3) is 4.85. The van der Waals surface area contributed by atoms with Crippen LogP contribution < -0.4 is 0 Å². The van der Waals surface area contributed by atoms with Gasteiger partial charge in [0.2, 0.25) is 0 Å². The summed E-state index contributed by atoms with van der Waals surface area (Å²) in [6.07, 6.45) is 1.96. The lowest BCUT2D eigenvalue weighted by molar-refractivity contribution is 0.115. The first-order valence-electron chi connectivity index (χ1n) is 5.89. The number of nitrogens with zero attached hydrogens (tertiary/aromatic N) is 1. The molecule has 0 saturated heterocycles. The van der Waals surface area contributed by atoms with Crippen LogP contribution in [0.1, 0.15) is 38.7 Å². The molecule has 0 aliphatic carbocycles. The van der Waals surface area contributed by atoms with E-state index in [1.54, 1.807) is 0 Å². The van der Waals surface area contributed by atoms with Crippen molar-refractivity contribution >= 4 is 28.1 Å². The van der Waals surface area contributed by atoms with Crippen molar-refractivity contribution in [2.24, 2.45) is 5.92 Å². The van der Waals surface area contributed by atoms with E-state index in [0.29, 0.717) is 17.2 Å². The van der Waals surface area contributed by atoms with E-state index in [1.807, 2.05) is 0 Å². The van der Waals surface area contributed by atoms with Gasteiger partial charge in [0.15, 0.2) is 0 Å². The van der Waals surface area contributed by atoms with Crippen molar-refractivity contribution in [3.8, 4) is 0 Å². The van der Waals surface area contributed by atoms with E-state index in [9.17, 15) is 0 Å². The van der Waals surface area contributed by atoms with Gasteiger partial charge in [-0.15, -0.1) is 0 Å². The van der Waals surface area contributed by atoms with Gasteiger partial charge < -0.3 is 9.72 Å². The van der Waals surface area contributed by atoms with Gasteiger partial charge in [0.1, 0.15) is 17.1 Å². The summed E-state index contributed by atoms with van der Waals surface area (Å²) in [5, 5.41) is 0. The summed E-state index contributed by atoms with van der Waals surface area (Å²) in [4.78, 5) is 7.59. The lowest BCUT2D eigenvalue weighted by Gasteiger charge is -2.10. The van der Waals surface area contributed by atoms with Crippen LogP contribution in [0.2, 0.25) is 0 Å². The Morgan fingerprint density at radius 2 is 2.18 bits per heavy atom. The molecule has 3 nitrogen and oxygen atoms in total. The van der Waals surface area contributed by atoms with Crippen LogP contribution in [0.5, 0.6) is 0 Å². The first-order valence-corrected chi connectivity index (χ1v) is 7.10. The van der Waals surface area contributed by atoms with Gasteiger partial charge in [-0.05, 0) is 34.7 Å². The van der Waals surface area contributed by atoms with Crippen LogP contribution in [-0.4, -0.2) is 16.6 Å². The van der Waals surface area contributed by atoms with Gasteiger partial charge in [-0.25, -0.2) is 4.98 Å². The Bertz CT molecular complexity index is 417. The average molecular weight is 319 g/mol. The van der Waals surface area contributed by atoms with E-state index in [4.69, 9.17) is 17.0 Å². The van der Waals surface area contributed by atoms with Gasteiger partial charge in [-0.1, -0.05) is 33.0 Å². The summed E-state index contributed by atoms with van der Waals surface area (Å²) in [7, 11) is 0. The zero-order valence-electron chi connectivity index (χ0n) is 10.5. The summed E-state index contributed by atoms with van der Waals surface area (Å²) in [5.41, 5.74) is 1.11. The molecule has 0 atom stereocenters. The summed E-state index contributed by atoms with van der Waals surface area (Å²) < 4.78 is 6.98. The molecule has 5 heteroatoms. The molecular formula is C12H19BrN2OS. The minimum atomic E-state index is 0.496. The van der Waals surface area contributed by atoms with Gasteiger partial charge in [0.25, 0.3) is 0 Å². The molecule has 0 unspecified atom stereocenters. The fraction of sp³-hybridized carbons (Fsp3) is 0.667. The second-order valence-electron chi connectivity index (χ2n) is 4.43. The Morgan fingerprint density at radius 3 is 2.76 bits per heavy atom. The standard InChI is InChI=1S/C12H19BrN2OS/c1-4-5-16-7-10-14-9(6-8(2)3)11(13)12(17)15-10/h8H,4-7H2,1-3H3,(H,14,15,17). The molecule has 0 bridgehead atoms. The molecule has 1 aromatic heterocycles. The molecule has 0 radical (unpaired) electrons. The largest absolute Gasteiger partial charge is 0.374 e. The van der Waals surface area contributed by atoms with Crippen LogP contribution in [0.4, 0.5) is 0 Å². The summed E-state index contributed by atoms with van der Waals surface area (Å²) in [5.74, 6) is 1.38. The molecule has 0 saturated carbocycles. The number of aromatic nitrogens is 2. The normalized spacial score (nSPS) is 11.1. The van der Waals surface area contributed by atoms with Crippen LogP contribution in [0.3, 0.4) is 0 Å². The Labute approximate surface area is 116 Å². The lowest BCUT2D eigenvalue weighted by Crippen LogP contribution is -2.06. The molecule has 17 heavy (non-hydrogen) atoms. The number of hydrogen-bond donors (Lipinski definition) is 1. The van der Waals surface area contributed by atoms with E-state index < -0.39 is 0 Å². The molecule has 1 N–H and O–H groups in total. The van der Waals surface area contributed by atoms with Crippen molar-refractivity contribution < 1.29 is 4.74 Å². The molecule has 1 heterocycles. The lowest BCUT2D eigenvalue weighted by atomic mass is 10.1. The maximum Gasteiger partial charge on any atom is 0.144 e. The molecule has 0 aliphatic heterocycles. The van der Waals surface area contributed by atoms with Gasteiger partial charge >= 0.3 is 0 Å². The van der Waals surface area contributed by atoms with Gasteiger partial charge in [-0.2, -0.15) is 0 Å². The van der Waals surface area contributed by atoms with E-state index in [1.165, 1.54) is 0 Å². The smallest absolute Gasteiger partial charge is 0.144 e. The number of rotatable bonds is 6. The van der Waals surface area contributed by atoms with Crippen LogP contribution in [0.25, 0.3) is 0 Å². The Hall–Kier alpha value is -0.260. The van der Waals surface area contributed by atoms with Gasteiger partial charge in [0, 0.05) is 12.3 Å². The average Bonchev–Trinajstić information content (AvgIpc) is 2.25. The van der Waals surface area contributed by atoms with E-state index in [2.05, 4.69) is 46.7 Å². The molecule has 0 fully saturated rings. The number of nitrogens with one attached hydrogen (secondary N) is 1. The predicted molar refractivity (Wildman–Crippen MR) is 75.6 cm³/mol. The third-order valence-corrected chi connectivity index (χ3v) is 3.60. The summed E-state index contributed by atoms with van der Waals surface area (Å²) >= 11 is 8.71. The van der Waals surface area contributed by atoms with Crippen molar-refractivity contribution in [2.45, 2.75) is 40.2 Å². The fourth-order valence-electron chi connectivity index (χ4n) is 1.49. The number of aromatic amines is 1. The highest BCUT2D eigenvalue weighted by atomic mass is 79.9. The third-order valence-electron chi connectivity index (χ3n) is 2.18. The number of halogens is 1. The van der Waals surface area contributed by atoms with E-state index >= 15 is 0 Å². The highest BCUT2D eigenvalue weighted by molar-refractivity contribution is 9.10. The van der Waals surface area contributed by atoms with Gasteiger partial charge in [-0.3, -0.25) is 0 Å². The van der Waals surface area contributed by atoms with Crippen molar-refractivity contribution in [1.29, 1.82) is 0 Å². The highest BCUT2D eigenvalue weighted by Gasteiger charge is 2.08. The van der Waals surface area contributed by atoms with Crippen molar-refractivity contribution in [2.75, 3.05) is 6.61 Å². The molecule has 1 rings (SSSR count). The SMILES string of the molecule is CCCOCc1nc(=S)c(Br)c(CC(C)C)[nH]1. The minimum Gasteiger partial charge on any atom is -0.374 e. The first-order chi connectivity index (χ1) is 8.04. The van der Waals surface area contributed by atoms with Crippen LogP contribution in [0.15, 0.2) is 4.47 Å². The summed E-state index contributed by atoms with van der Waals surface area (Å²) in [6, 6.07) is 0. The zero-order valence-corrected chi connectivity index (χ0v) is 12.9. The van der Waals surface area contributed by atoms with Crippen LogP contribution in [-0.2, 0) is 17.8 Å². The second kappa shape index (κ2) is 7.24. The molecule has 0 spiro atoms. The zero-order chi connectivity index (χ0) is 12.8. The molecule has 0 aliphatic rings.